The highest BCUT2D eigenvalue weighted by molar-refractivity contribution is 6.17. The fourth-order valence-electron chi connectivity index (χ4n) is 3.51. The van der Waals surface area contributed by atoms with Crippen molar-refractivity contribution < 1.29 is 33.8 Å². The molecule has 0 aromatic heterocycles. The number of nitrogens with zero attached hydrogens (tertiary/aromatic N) is 4. The van der Waals surface area contributed by atoms with Gasteiger partial charge in [-0.1, -0.05) is 25.0 Å². The van der Waals surface area contributed by atoms with Crippen LogP contribution in [0.15, 0.2) is 23.3 Å². The lowest BCUT2D eigenvalue weighted by Gasteiger charge is -2.25. The minimum Gasteiger partial charge on any atom is -0.465 e. The van der Waals surface area contributed by atoms with Crippen LogP contribution in [-0.2, 0) is 26.8 Å². The number of urea groups is 1. The van der Waals surface area contributed by atoms with Crippen molar-refractivity contribution in [3.8, 4) is 0 Å². The smallest absolute Gasteiger partial charge is 0.407 e. The number of anilines is 1. The topological polar surface area (TPSA) is 241 Å². The highest BCUT2D eigenvalue weighted by atomic mass is 35.5. The Kier molecular flexibility index (Phi) is 15.2. The van der Waals surface area contributed by atoms with Gasteiger partial charge in [0.25, 0.3) is 0 Å². The summed E-state index contributed by atoms with van der Waals surface area (Å²) in [5.41, 5.74) is 15.0. The van der Waals surface area contributed by atoms with Crippen molar-refractivity contribution in [1.82, 2.24) is 20.9 Å². The monoisotopic (exact) mass is 597 g/mol. The van der Waals surface area contributed by atoms with Gasteiger partial charge in [-0.2, -0.15) is 0 Å². The molecule has 7 N–H and O–H groups in total. The fraction of sp³-hybridized carbons (Fsp3) is 0.542. The number of primary amides is 1. The van der Waals surface area contributed by atoms with Crippen molar-refractivity contribution in [3.63, 3.8) is 0 Å². The van der Waals surface area contributed by atoms with Crippen LogP contribution in [0.4, 0.5) is 20.1 Å². The van der Waals surface area contributed by atoms with Crippen LogP contribution in [0.3, 0.4) is 0 Å². The Bertz CT molecular complexity index is 1130. The maximum atomic E-state index is 13.3. The summed E-state index contributed by atoms with van der Waals surface area (Å²) in [4.78, 5) is 64.4. The third-order valence-corrected chi connectivity index (χ3v) is 5.95. The highest BCUT2D eigenvalue weighted by Gasteiger charge is 2.29. The van der Waals surface area contributed by atoms with Gasteiger partial charge in [-0.3, -0.25) is 9.59 Å². The first-order valence-corrected chi connectivity index (χ1v) is 13.1. The van der Waals surface area contributed by atoms with E-state index in [0.717, 1.165) is 4.90 Å². The van der Waals surface area contributed by atoms with E-state index in [2.05, 4.69) is 31.3 Å². The molecule has 1 aromatic carbocycles. The number of amides is 6. The number of hydrogen-bond donors (Lipinski definition) is 6. The molecule has 0 aliphatic rings. The first-order valence-electron chi connectivity index (χ1n) is 12.6. The molecule has 0 radical (unpaired) electrons. The Morgan fingerprint density at radius 2 is 1.88 bits per heavy atom. The number of rotatable bonds is 16. The lowest BCUT2D eigenvalue weighted by Crippen LogP contribution is -2.54. The third kappa shape index (κ3) is 13.0. The molecule has 41 heavy (non-hydrogen) atoms. The quantitative estimate of drug-likeness (QED) is 0.0546. The standard InChI is InChI=1S/C24H36ClN9O7/c1-14(2)19(32-23(38)41-10-9-29-33-27)21(36)31-18(5-4-8-28-22(26)37)20(35)30-17-7-6-15(12-25)16(11-17)13-34(3)24(39)40/h6-7,11,14,18-19H,4-5,8-10,12-13H2,1-3H3,(H,30,35)(H,31,36)(H,32,38)(H,39,40)(H3,26,28,37)/t18-,19-/m0/s1. The van der Waals surface area contributed by atoms with Gasteiger partial charge in [-0.25, -0.2) is 14.4 Å². The van der Waals surface area contributed by atoms with Gasteiger partial charge >= 0.3 is 18.2 Å². The van der Waals surface area contributed by atoms with Gasteiger partial charge in [0.05, 0.1) is 13.2 Å². The molecule has 226 valence electrons. The van der Waals surface area contributed by atoms with Crippen molar-refractivity contribution >= 4 is 47.3 Å². The second-order valence-electron chi connectivity index (χ2n) is 9.20. The molecule has 0 heterocycles. The van der Waals surface area contributed by atoms with Crippen LogP contribution in [0.1, 0.15) is 37.8 Å². The normalized spacial score (nSPS) is 11.8. The number of azide groups is 1. The van der Waals surface area contributed by atoms with Gasteiger partial charge in [-0.05, 0) is 47.6 Å². The van der Waals surface area contributed by atoms with E-state index < -0.39 is 48.0 Å². The van der Waals surface area contributed by atoms with Gasteiger partial charge < -0.3 is 41.7 Å². The van der Waals surface area contributed by atoms with E-state index in [-0.39, 0.29) is 45.0 Å². The number of alkyl carbamates (subject to hydrolysis) is 1. The molecular formula is C24H36ClN9O7. The second-order valence-corrected chi connectivity index (χ2v) is 9.46. The summed E-state index contributed by atoms with van der Waals surface area (Å²) in [6.45, 7) is 3.28. The summed E-state index contributed by atoms with van der Waals surface area (Å²) < 4.78 is 4.90. The van der Waals surface area contributed by atoms with E-state index in [4.69, 9.17) is 27.6 Å². The van der Waals surface area contributed by atoms with E-state index in [1.165, 1.54) is 7.05 Å². The van der Waals surface area contributed by atoms with Crippen LogP contribution in [-0.4, -0.2) is 78.9 Å². The first-order chi connectivity index (χ1) is 19.4. The number of nitrogens with two attached hydrogens (primary N) is 1. The zero-order chi connectivity index (χ0) is 30.9. The molecule has 0 saturated heterocycles. The van der Waals surface area contributed by atoms with E-state index in [1.54, 1.807) is 32.0 Å². The number of nitrogens with one attached hydrogen (secondary N) is 4. The Balaban J connectivity index is 3.07. The van der Waals surface area contributed by atoms with E-state index >= 15 is 0 Å². The number of alkyl halides is 1. The lowest BCUT2D eigenvalue weighted by atomic mass is 10.0. The van der Waals surface area contributed by atoms with Crippen LogP contribution >= 0.6 is 11.6 Å². The highest BCUT2D eigenvalue weighted by Crippen LogP contribution is 2.20. The number of hydrogen-bond acceptors (Lipinski definition) is 7. The Labute approximate surface area is 241 Å². The molecule has 0 spiro atoms. The number of benzene rings is 1. The zero-order valence-corrected chi connectivity index (χ0v) is 23.8. The number of carboxylic acid groups (broad SMARTS) is 1. The molecule has 0 fully saturated rings. The summed E-state index contributed by atoms with van der Waals surface area (Å²) in [6.07, 6.45) is -1.66. The predicted molar refractivity (Wildman–Crippen MR) is 150 cm³/mol. The Hall–Kier alpha value is -4.43. The summed E-state index contributed by atoms with van der Waals surface area (Å²) in [5.74, 6) is -1.51. The average Bonchev–Trinajstić information content (AvgIpc) is 2.91. The zero-order valence-electron chi connectivity index (χ0n) is 23.1. The third-order valence-electron chi connectivity index (χ3n) is 5.66. The van der Waals surface area contributed by atoms with E-state index in [0.29, 0.717) is 16.8 Å². The van der Waals surface area contributed by atoms with Crippen LogP contribution in [0, 0.1) is 5.92 Å². The molecule has 16 nitrogen and oxygen atoms in total. The summed E-state index contributed by atoms with van der Waals surface area (Å²) in [6, 6.07) is 1.95. The summed E-state index contributed by atoms with van der Waals surface area (Å²) >= 11 is 5.99. The van der Waals surface area contributed by atoms with Crippen LogP contribution in [0.25, 0.3) is 10.4 Å². The predicted octanol–water partition coefficient (Wildman–Crippen LogP) is 2.47. The number of halogens is 1. The molecule has 0 bridgehead atoms. The van der Waals surface area contributed by atoms with Crippen molar-refractivity contribution in [2.45, 2.75) is 51.2 Å². The van der Waals surface area contributed by atoms with E-state index in [1.807, 2.05) is 0 Å². The van der Waals surface area contributed by atoms with Crippen molar-refractivity contribution in [1.29, 1.82) is 0 Å². The maximum absolute atomic E-state index is 13.3. The SMILES string of the molecule is CC(C)[C@H](NC(=O)OCCN=[N+]=[N-])C(=O)N[C@@H](CCCNC(N)=O)C(=O)Nc1ccc(CCl)c(CN(C)C(=O)O)c1. The molecule has 17 heteroatoms. The molecular weight excluding hydrogens is 562 g/mol. The molecule has 1 rings (SSSR count). The van der Waals surface area contributed by atoms with Gasteiger partial charge in [0.15, 0.2) is 0 Å². The van der Waals surface area contributed by atoms with Gasteiger partial charge in [-0.15, -0.1) is 11.6 Å². The molecule has 0 aliphatic carbocycles. The number of carbonyl (C=O) groups is 5. The molecule has 6 amide bonds. The van der Waals surface area contributed by atoms with E-state index in [9.17, 15) is 29.1 Å². The van der Waals surface area contributed by atoms with Crippen molar-refractivity contribution in [2.75, 3.05) is 32.1 Å². The van der Waals surface area contributed by atoms with Crippen LogP contribution in [0.2, 0.25) is 0 Å². The molecule has 0 aliphatic heterocycles. The summed E-state index contributed by atoms with van der Waals surface area (Å²) in [5, 5.41) is 22.7. The summed E-state index contributed by atoms with van der Waals surface area (Å²) in [7, 11) is 1.40. The van der Waals surface area contributed by atoms with Crippen LogP contribution < -0.4 is 27.0 Å². The van der Waals surface area contributed by atoms with Crippen molar-refractivity contribution in [2.24, 2.45) is 16.8 Å². The lowest BCUT2D eigenvalue weighted by molar-refractivity contribution is -0.128. The Morgan fingerprint density at radius 1 is 1.17 bits per heavy atom. The fourth-order valence-corrected chi connectivity index (χ4v) is 3.77. The van der Waals surface area contributed by atoms with Gasteiger partial charge in [0, 0.05) is 36.6 Å². The maximum Gasteiger partial charge on any atom is 0.407 e. The first kappa shape index (κ1) is 34.6. The molecule has 1 aromatic rings. The largest absolute Gasteiger partial charge is 0.465 e. The minimum atomic E-state index is -1.14. The number of ether oxygens (including phenoxy) is 1. The minimum absolute atomic E-state index is 0.0285. The van der Waals surface area contributed by atoms with Crippen molar-refractivity contribution in [3.05, 3.63) is 39.8 Å². The van der Waals surface area contributed by atoms with Crippen LogP contribution in [0.5, 0.6) is 0 Å². The molecule has 2 atom stereocenters. The average molecular weight is 598 g/mol. The number of carbonyl (C=O) groups excluding carboxylic acids is 4. The Morgan fingerprint density at radius 3 is 2.46 bits per heavy atom. The van der Waals surface area contributed by atoms with Gasteiger partial charge in [0.2, 0.25) is 11.8 Å². The van der Waals surface area contributed by atoms with Gasteiger partial charge in [0.1, 0.15) is 12.1 Å². The molecule has 0 unspecified atom stereocenters. The molecule has 0 saturated carbocycles. The second kappa shape index (κ2) is 18.0.